The van der Waals surface area contributed by atoms with E-state index in [1.54, 1.807) is 36.2 Å². The summed E-state index contributed by atoms with van der Waals surface area (Å²) in [4.78, 5) is 16.2. The summed E-state index contributed by atoms with van der Waals surface area (Å²) >= 11 is 0. The van der Waals surface area contributed by atoms with Crippen molar-refractivity contribution < 1.29 is 13.9 Å². The van der Waals surface area contributed by atoms with Crippen LogP contribution in [0.5, 0.6) is 5.75 Å². The minimum atomic E-state index is -0.356. The summed E-state index contributed by atoms with van der Waals surface area (Å²) in [5, 5.41) is 2.81. The first-order chi connectivity index (χ1) is 12.6. The second-order valence-corrected chi connectivity index (χ2v) is 5.94. The van der Waals surface area contributed by atoms with E-state index in [0.717, 1.165) is 5.56 Å². The molecule has 0 fully saturated rings. The van der Waals surface area contributed by atoms with Gasteiger partial charge in [0.1, 0.15) is 17.4 Å². The summed E-state index contributed by atoms with van der Waals surface area (Å²) in [5.41, 5.74) is 1.99. The van der Waals surface area contributed by atoms with Gasteiger partial charge in [0.2, 0.25) is 5.91 Å². The molecule has 0 bridgehead atoms. The summed E-state index contributed by atoms with van der Waals surface area (Å²) in [7, 11) is 1.59. The van der Waals surface area contributed by atoms with Crippen molar-refractivity contribution in [2.24, 2.45) is 0 Å². The van der Waals surface area contributed by atoms with E-state index in [2.05, 4.69) is 10.3 Å². The smallest absolute Gasteiger partial charge is 0.224 e. The normalized spacial score (nSPS) is 10.6. The Hall–Kier alpha value is -3.15. The number of hydrogen-bond donors (Lipinski definition) is 1. The van der Waals surface area contributed by atoms with Gasteiger partial charge in [0.15, 0.2) is 0 Å². The summed E-state index contributed by atoms with van der Waals surface area (Å²) in [6.45, 7) is 2.08. The lowest BCUT2D eigenvalue weighted by atomic mass is 10.1. The number of benzene rings is 2. The molecular weight excluding hydrogens is 333 g/mol. The Kier molecular flexibility index (Phi) is 5.31. The highest BCUT2D eigenvalue weighted by atomic mass is 19.1. The van der Waals surface area contributed by atoms with E-state index in [9.17, 15) is 9.18 Å². The number of ether oxygens (including phenoxy) is 1. The highest BCUT2D eigenvalue weighted by Gasteiger charge is 2.09. The van der Waals surface area contributed by atoms with Gasteiger partial charge in [0, 0.05) is 18.9 Å². The van der Waals surface area contributed by atoms with Crippen LogP contribution in [0.3, 0.4) is 0 Å². The molecule has 3 rings (SSSR count). The number of methoxy groups -OCH3 is 1. The van der Waals surface area contributed by atoms with Gasteiger partial charge in [-0.15, -0.1) is 0 Å². The number of amides is 1. The molecule has 6 heteroatoms. The van der Waals surface area contributed by atoms with Crippen molar-refractivity contribution >= 4 is 5.91 Å². The van der Waals surface area contributed by atoms with Crippen LogP contribution in [0.15, 0.2) is 54.9 Å². The quantitative estimate of drug-likeness (QED) is 0.740. The van der Waals surface area contributed by atoms with Gasteiger partial charge in [-0.25, -0.2) is 9.37 Å². The number of nitrogens with one attached hydrogen (secondary N) is 1. The minimum absolute atomic E-state index is 0.131. The first kappa shape index (κ1) is 17.7. The van der Waals surface area contributed by atoms with Crippen molar-refractivity contribution in [3.05, 3.63) is 77.6 Å². The number of rotatable bonds is 6. The summed E-state index contributed by atoms with van der Waals surface area (Å²) in [5.74, 6) is 0.935. The number of hydrogen-bond acceptors (Lipinski definition) is 3. The summed E-state index contributed by atoms with van der Waals surface area (Å²) < 4.78 is 21.2. The second-order valence-electron chi connectivity index (χ2n) is 5.94. The van der Waals surface area contributed by atoms with E-state index in [-0.39, 0.29) is 24.7 Å². The SMILES string of the molecule is COc1cccc(CC(=O)NCc2ccc(-n3ccnc3C)c(F)c2)c1. The van der Waals surface area contributed by atoms with E-state index in [1.165, 1.54) is 6.07 Å². The Morgan fingerprint density at radius 1 is 1.23 bits per heavy atom. The zero-order valence-corrected chi connectivity index (χ0v) is 14.7. The molecule has 2 aromatic carbocycles. The number of carbonyl (C=O) groups is 1. The topological polar surface area (TPSA) is 56.1 Å². The van der Waals surface area contributed by atoms with Crippen molar-refractivity contribution in [1.82, 2.24) is 14.9 Å². The van der Waals surface area contributed by atoms with Gasteiger partial charge in [-0.05, 0) is 42.3 Å². The van der Waals surface area contributed by atoms with Gasteiger partial charge in [-0.1, -0.05) is 18.2 Å². The molecule has 134 valence electrons. The van der Waals surface area contributed by atoms with Crippen LogP contribution in [0, 0.1) is 12.7 Å². The highest BCUT2D eigenvalue weighted by molar-refractivity contribution is 5.78. The number of halogens is 1. The molecule has 0 radical (unpaired) electrons. The monoisotopic (exact) mass is 353 g/mol. The zero-order valence-electron chi connectivity index (χ0n) is 14.7. The lowest BCUT2D eigenvalue weighted by Gasteiger charge is -2.10. The molecule has 0 aliphatic carbocycles. The predicted octanol–water partition coefficient (Wildman–Crippen LogP) is 3.19. The molecule has 1 N–H and O–H groups in total. The highest BCUT2D eigenvalue weighted by Crippen LogP contribution is 2.17. The van der Waals surface area contributed by atoms with E-state index in [0.29, 0.717) is 22.8 Å². The second kappa shape index (κ2) is 7.82. The first-order valence-corrected chi connectivity index (χ1v) is 8.25. The molecule has 0 saturated heterocycles. The first-order valence-electron chi connectivity index (χ1n) is 8.25. The van der Waals surface area contributed by atoms with Crippen LogP contribution in [-0.2, 0) is 17.8 Å². The molecule has 0 unspecified atom stereocenters. The average Bonchev–Trinajstić information content (AvgIpc) is 3.06. The Morgan fingerprint density at radius 3 is 2.77 bits per heavy atom. The molecule has 26 heavy (non-hydrogen) atoms. The van der Waals surface area contributed by atoms with Crippen molar-refractivity contribution in [2.75, 3.05) is 7.11 Å². The van der Waals surface area contributed by atoms with Crippen molar-refractivity contribution in [2.45, 2.75) is 19.9 Å². The lowest BCUT2D eigenvalue weighted by Crippen LogP contribution is -2.24. The van der Waals surface area contributed by atoms with Crippen molar-refractivity contribution in [1.29, 1.82) is 0 Å². The average molecular weight is 353 g/mol. The molecule has 1 amide bonds. The third-order valence-corrected chi connectivity index (χ3v) is 4.09. The van der Waals surface area contributed by atoms with Crippen LogP contribution in [0.2, 0.25) is 0 Å². The maximum Gasteiger partial charge on any atom is 0.224 e. The molecule has 3 aromatic rings. The van der Waals surface area contributed by atoms with E-state index < -0.39 is 0 Å². The number of aryl methyl sites for hydroxylation is 1. The molecule has 0 atom stereocenters. The summed E-state index contributed by atoms with van der Waals surface area (Å²) in [6.07, 6.45) is 3.58. The Balaban J connectivity index is 1.61. The molecule has 0 aliphatic heterocycles. The third kappa shape index (κ3) is 4.08. The molecule has 1 heterocycles. The summed E-state index contributed by atoms with van der Waals surface area (Å²) in [6, 6.07) is 12.3. The zero-order chi connectivity index (χ0) is 18.5. The van der Waals surface area contributed by atoms with Gasteiger partial charge >= 0.3 is 0 Å². The third-order valence-electron chi connectivity index (χ3n) is 4.09. The fourth-order valence-electron chi connectivity index (χ4n) is 2.72. The Labute approximate surface area is 151 Å². The maximum absolute atomic E-state index is 14.4. The number of aromatic nitrogens is 2. The Bertz CT molecular complexity index is 921. The maximum atomic E-state index is 14.4. The van der Waals surface area contributed by atoms with Gasteiger partial charge < -0.3 is 14.6 Å². The fraction of sp³-hybridized carbons (Fsp3) is 0.200. The minimum Gasteiger partial charge on any atom is -0.497 e. The van der Waals surface area contributed by atoms with Gasteiger partial charge in [0.05, 0.1) is 19.2 Å². The van der Waals surface area contributed by atoms with E-state index >= 15 is 0 Å². The molecule has 0 aliphatic rings. The molecule has 0 spiro atoms. The Morgan fingerprint density at radius 2 is 2.08 bits per heavy atom. The van der Waals surface area contributed by atoms with Crippen LogP contribution in [0.4, 0.5) is 4.39 Å². The van der Waals surface area contributed by atoms with E-state index in [4.69, 9.17) is 4.74 Å². The van der Waals surface area contributed by atoms with Crippen LogP contribution in [-0.4, -0.2) is 22.6 Å². The van der Waals surface area contributed by atoms with E-state index in [1.807, 2.05) is 31.2 Å². The number of imidazole rings is 1. The predicted molar refractivity (Wildman–Crippen MR) is 96.8 cm³/mol. The standard InChI is InChI=1S/C20H20FN3O2/c1-14-22-8-9-24(14)19-7-6-16(11-18(19)21)13-23-20(25)12-15-4-3-5-17(10-15)26-2/h3-11H,12-13H2,1-2H3,(H,23,25). The molecule has 0 saturated carbocycles. The molecule has 1 aromatic heterocycles. The largest absolute Gasteiger partial charge is 0.497 e. The molecule has 5 nitrogen and oxygen atoms in total. The van der Waals surface area contributed by atoms with Gasteiger partial charge in [-0.2, -0.15) is 0 Å². The fourth-order valence-corrected chi connectivity index (χ4v) is 2.72. The van der Waals surface area contributed by atoms with Crippen LogP contribution < -0.4 is 10.1 Å². The van der Waals surface area contributed by atoms with Crippen LogP contribution in [0.25, 0.3) is 5.69 Å². The lowest BCUT2D eigenvalue weighted by molar-refractivity contribution is -0.120. The number of carbonyl (C=O) groups excluding carboxylic acids is 1. The molecular formula is C20H20FN3O2. The van der Waals surface area contributed by atoms with Crippen molar-refractivity contribution in [3.8, 4) is 11.4 Å². The van der Waals surface area contributed by atoms with Gasteiger partial charge in [-0.3, -0.25) is 4.79 Å². The van der Waals surface area contributed by atoms with Crippen molar-refractivity contribution in [3.63, 3.8) is 0 Å². The van der Waals surface area contributed by atoms with Gasteiger partial charge in [0.25, 0.3) is 0 Å². The number of nitrogens with zero attached hydrogens (tertiary/aromatic N) is 2. The van der Waals surface area contributed by atoms with Crippen LogP contribution >= 0.6 is 0 Å². The van der Waals surface area contributed by atoms with Crippen LogP contribution in [0.1, 0.15) is 17.0 Å².